The number of aromatic nitrogens is 2. The summed E-state index contributed by atoms with van der Waals surface area (Å²) >= 11 is 0. The Labute approximate surface area is 169 Å². The molecule has 6 heteroatoms. The predicted molar refractivity (Wildman–Crippen MR) is 109 cm³/mol. The first-order valence-corrected chi connectivity index (χ1v) is 10.0. The lowest BCUT2D eigenvalue weighted by atomic mass is 10.2. The Hall–Kier alpha value is -3.15. The largest absolute Gasteiger partial charge is 0.494 e. The van der Waals surface area contributed by atoms with Gasteiger partial charge in [-0.3, -0.25) is 4.79 Å². The highest BCUT2D eigenvalue weighted by Gasteiger charge is 2.28. The molecule has 0 bridgehead atoms. The molecular weight excluding hydrogens is 369 g/mol. The molecule has 5 nitrogen and oxygen atoms in total. The Morgan fingerprint density at radius 2 is 1.86 bits per heavy atom. The molecule has 29 heavy (non-hydrogen) atoms. The molecule has 1 saturated carbocycles. The summed E-state index contributed by atoms with van der Waals surface area (Å²) < 4.78 is 20.2. The van der Waals surface area contributed by atoms with Crippen molar-refractivity contribution in [2.24, 2.45) is 0 Å². The predicted octanol–water partition coefficient (Wildman–Crippen LogP) is 4.48. The number of hydrogen-bond donors (Lipinski definition) is 1. The second-order valence-corrected chi connectivity index (χ2v) is 7.24. The lowest BCUT2D eigenvalue weighted by Gasteiger charge is -2.09. The average molecular weight is 393 g/mol. The van der Waals surface area contributed by atoms with Gasteiger partial charge in [-0.25, -0.2) is 9.07 Å². The van der Waals surface area contributed by atoms with Crippen LogP contribution in [0.15, 0.2) is 60.7 Å². The van der Waals surface area contributed by atoms with E-state index in [0.29, 0.717) is 30.5 Å². The highest BCUT2D eigenvalue weighted by Crippen LogP contribution is 2.39. The molecule has 0 atom stereocenters. The first-order chi connectivity index (χ1) is 14.2. The highest BCUT2D eigenvalue weighted by molar-refractivity contribution is 5.93. The normalized spacial score (nSPS) is 13.3. The van der Waals surface area contributed by atoms with Gasteiger partial charge in [-0.2, -0.15) is 5.10 Å². The van der Waals surface area contributed by atoms with Crippen molar-refractivity contribution in [3.8, 4) is 11.4 Å². The zero-order chi connectivity index (χ0) is 20.1. The van der Waals surface area contributed by atoms with Crippen LogP contribution in [0.4, 0.5) is 4.39 Å². The number of amides is 1. The molecule has 0 radical (unpaired) electrons. The molecule has 1 heterocycles. The molecule has 2 aromatic carbocycles. The molecule has 1 aliphatic carbocycles. The number of para-hydroxylation sites is 1. The highest BCUT2D eigenvalue weighted by atomic mass is 19.1. The summed E-state index contributed by atoms with van der Waals surface area (Å²) in [6.45, 7) is 1.08. The van der Waals surface area contributed by atoms with Crippen LogP contribution >= 0.6 is 0 Å². The van der Waals surface area contributed by atoms with Crippen LogP contribution in [-0.2, 0) is 0 Å². The molecule has 3 aromatic rings. The van der Waals surface area contributed by atoms with Crippen LogP contribution in [0.5, 0.6) is 5.75 Å². The molecule has 0 unspecified atom stereocenters. The van der Waals surface area contributed by atoms with Gasteiger partial charge in [0.25, 0.3) is 5.91 Å². The maximum absolute atomic E-state index is 12.9. The number of benzene rings is 2. The van der Waals surface area contributed by atoms with E-state index >= 15 is 0 Å². The topological polar surface area (TPSA) is 56.1 Å². The van der Waals surface area contributed by atoms with Gasteiger partial charge in [0.15, 0.2) is 0 Å². The van der Waals surface area contributed by atoms with Crippen molar-refractivity contribution in [3.63, 3.8) is 0 Å². The molecule has 1 aromatic heterocycles. The fourth-order valence-corrected chi connectivity index (χ4v) is 3.15. The fourth-order valence-electron chi connectivity index (χ4n) is 3.15. The third-order valence-corrected chi connectivity index (χ3v) is 4.90. The number of nitrogens with one attached hydrogen (secondary N) is 1. The Kier molecular flexibility index (Phi) is 5.89. The van der Waals surface area contributed by atoms with E-state index in [2.05, 4.69) is 10.4 Å². The van der Waals surface area contributed by atoms with Gasteiger partial charge in [-0.1, -0.05) is 18.2 Å². The summed E-state index contributed by atoms with van der Waals surface area (Å²) in [5.74, 6) is 0.734. The van der Waals surface area contributed by atoms with Crippen LogP contribution in [0.1, 0.15) is 47.8 Å². The Bertz CT molecular complexity index is 950. The van der Waals surface area contributed by atoms with E-state index in [-0.39, 0.29) is 11.7 Å². The summed E-state index contributed by atoms with van der Waals surface area (Å²) in [6, 6.07) is 17.6. The number of hydrogen-bond acceptors (Lipinski definition) is 3. The lowest BCUT2D eigenvalue weighted by Crippen LogP contribution is -2.27. The Morgan fingerprint density at radius 1 is 1.10 bits per heavy atom. The van der Waals surface area contributed by atoms with Crippen LogP contribution in [-0.4, -0.2) is 28.8 Å². The summed E-state index contributed by atoms with van der Waals surface area (Å²) in [6.07, 6.45) is 3.87. The zero-order valence-corrected chi connectivity index (χ0v) is 16.2. The summed E-state index contributed by atoms with van der Waals surface area (Å²) in [5.41, 5.74) is 2.45. The van der Waals surface area contributed by atoms with Gasteiger partial charge >= 0.3 is 0 Å². The van der Waals surface area contributed by atoms with E-state index in [1.165, 1.54) is 12.1 Å². The van der Waals surface area contributed by atoms with Crippen molar-refractivity contribution in [3.05, 3.63) is 77.9 Å². The fraction of sp³-hybridized carbons (Fsp3) is 0.304. The van der Waals surface area contributed by atoms with E-state index in [0.717, 1.165) is 37.1 Å². The minimum atomic E-state index is -0.278. The summed E-state index contributed by atoms with van der Waals surface area (Å²) in [4.78, 5) is 12.7. The van der Waals surface area contributed by atoms with Crippen molar-refractivity contribution in [1.82, 2.24) is 15.1 Å². The number of carbonyl (C=O) groups excluding carboxylic acids is 1. The Morgan fingerprint density at radius 3 is 2.59 bits per heavy atom. The molecule has 0 aliphatic heterocycles. The second kappa shape index (κ2) is 8.90. The summed E-state index contributed by atoms with van der Waals surface area (Å²) in [5, 5.41) is 7.65. The van der Waals surface area contributed by atoms with Crippen LogP contribution in [0.3, 0.4) is 0 Å². The zero-order valence-electron chi connectivity index (χ0n) is 16.2. The molecular formula is C23H24FN3O2. The van der Waals surface area contributed by atoms with E-state index in [9.17, 15) is 9.18 Å². The van der Waals surface area contributed by atoms with Crippen molar-refractivity contribution < 1.29 is 13.9 Å². The molecule has 1 amide bonds. The second-order valence-electron chi connectivity index (χ2n) is 7.24. The van der Waals surface area contributed by atoms with Crippen molar-refractivity contribution in [2.45, 2.75) is 31.6 Å². The van der Waals surface area contributed by atoms with Crippen molar-refractivity contribution in [2.75, 3.05) is 13.2 Å². The summed E-state index contributed by atoms with van der Waals surface area (Å²) in [7, 11) is 0. The first kappa shape index (κ1) is 19.2. The van der Waals surface area contributed by atoms with Gasteiger partial charge in [0, 0.05) is 12.5 Å². The third kappa shape index (κ3) is 5.02. The minimum absolute atomic E-state index is 0.118. The lowest BCUT2D eigenvalue weighted by molar-refractivity contribution is 0.0944. The molecule has 1 fully saturated rings. The quantitative estimate of drug-likeness (QED) is 0.546. The van der Waals surface area contributed by atoms with Gasteiger partial charge in [0.05, 0.1) is 18.0 Å². The third-order valence-electron chi connectivity index (χ3n) is 4.90. The van der Waals surface area contributed by atoms with Gasteiger partial charge in [0.1, 0.15) is 17.3 Å². The molecule has 150 valence electrons. The molecule has 0 spiro atoms. The van der Waals surface area contributed by atoms with Crippen molar-refractivity contribution in [1.29, 1.82) is 0 Å². The maximum Gasteiger partial charge on any atom is 0.270 e. The molecule has 0 saturated heterocycles. The van der Waals surface area contributed by atoms with Gasteiger partial charge in [-0.05, 0) is 68.1 Å². The number of carbonyl (C=O) groups is 1. The van der Waals surface area contributed by atoms with E-state index in [1.807, 2.05) is 36.4 Å². The van der Waals surface area contributed by atoms with Gasteiger partial charge in [-0.15, -0.1) is 0 Å². The molecule has 1 N–H and O–H groups in total. The maximum atomic E-state index is 12.9. The van der Waals surface area contributed by atoms with E-state index in [4.69, 9.17) is 4.74 Å². The Balaban J connectivity index is 1.29. The minimum Gasteiger partial charge on any atom is -0.494 e. The molecule has 4 rings (SSSR count). The number of nitrogens with zero attached hydrogens (tertiary/aromatic N) is 2. The van der Waals surface area contributed by atoms with E-state index in [1.54, 1.807) is 16.8 Å². The molecule has 1 aliphatic rings. The van der Waals surface area contributed by atoms with Crippen LogP contribution < -0.4 is 10.1 Å². The first-order valence-electron chi connectivity index (χ1n) is 10.0. The number of rotatable bonds is 9. The van der Waals surface area contributed by atoms with Gasteiger partial charge in [0.2, 0.25) is 0 Å². The number of ether oxygens (including phenoxy) is 1. The van der Waals surface area contributed by atoms with Crippen LogP contribution in [0.2, 0.25) is 0 Å². The van der Waals surface area contributed by atoms with E-state index < -0.39 is 0 Å². The number of unbranched alkanes of at least 4 members (excludes halogenated alkanes) is 1. The van der Waals surface area contributed by atoms with Gasteiger partial charge < -0.3 is 10.1 Å². The van der Waals surface area contributed by atoms with Crippen molar-refractivity contribution >= 4 is 5.91 Å². The van der Waals surface area contributed by atoms with Crippen LogP contribution in [0.25, 0.3) is 5.69 Å². The SMILES string of the molecule is O=C(NCCCCOc1ccc(F)cc1)c1cc(C2CC2)nn1-c1ccccc1. The standard InChI is InChI=1S/C23H24FN3O2/c24-18-10-12-20(13-11-18)29-15-5-4-14-25-23(28)22-16-21(17-8-9-17)26-27(22)19-6-2-1-3-7-19/h1-3,6-7,10-13,16-17H,4-5,8-9,14-15H2,(H,25,28). The number of halogens is 1. The monoisotopic (exact) mass is 393 g/mol. The van der Waals surface area contributed by atoms with Crippen LogP contribution in [0, 0.1) is 5.82 Å². The smallest absolute Gasteiger partial charge is 0.270 e. The average Bonchev–Trinajstić information content (AvgIpc) is 3.50.